The zero-order valence-electron chi connectivity index (χ0n) is 16.7. The van der Waals surface area contributed by atoms with Crippen LogP contribution in [0.15, 0.2) is 58.4 Å². The Balaban J connectivity index is 0.00000392. The maximum atomic E-state index is 12.3. The molecule has 0 aliphatic rings. The Morgan fingerprint density at radius 3 is 2.54 bits per heavy atom. The van der Waals surface area contributed by atoms with E-state index in [1.807, 2.05) is 57.2 Å². The molecule has 0 saturated heterocycles. The predicted octanol–water partition coefficient (Wildman–Crippen LogP) is 3.87. The van der Waals surface area contributed by atoms with Crippen LogP contribution in [-0.4, -0.2) is 35.6 Å². The zero-order chi connectivity index (χ0) is 19.5. The monoisotopic (exact) mass is 515 g/mol. The van der Waals surface area contributed by atoms with E-state index in [0.29, 0.717) is 31.4 Å². The topological polar surface area (TPSA) is 62.7 Å². The van der Waals surface area contributed by atoms with Gasteiger partial charge in [-0.05, 0) is 44.5 Å². The lowest BCUT2D eigenvalue weighted by atomic mass is 10.1. The van der Waals surface area contributed by atoms with Crippen molar-refractivity contribution in [3.05, 3.63) is 59.7 Å². The summed E-state index contributed by atoms with van der Waals surface area (Å²) in [6, 6.07) is 15.7. The quantitative estimate of drug-likeness (QED) is 0.303. The number of rotatable bonds is 9. The highest BCUT2D eigenvalue weighted by Crippen LogP contribution is 2.21. The second-order valence-electron chi connectivity index (χ2n) is 6.03. The molecule has 28 heavy (non-hydrogen) atoms. The molecule has 5 nitrogen and oxygen atoms in total. The molecule has 0 aromatic heterocycles. The van der Waals surface area contributed by atoms with Crippen LogP contribution >= 0.6 is 24.0 Å². The summed E-state index contributed by atoms with van der Waals surface area (Å²) in [6.07, 6.45) is 0. The van der Waals surface area contributed by atoms with E-state index in [2.05, 4.69) is 27.8 Å². The molecule has 0 aliphatic carbocycles. The minimum Gasteiger partial charge on any atom is -0.494 e. The first-order valence-corrected chi connectivity index (χ1v) is 10.6. The van der Waals surface area contributed by atoms with Crippen molar-refractivity contribution in [3.63, 3.8) is 0 Å². The highest BCUT2D eigenvalue weighted by Gasteiger charge is 2.06. The minimum atomic E-state index is -1.02. The molecule has 0 bridgehead atoms. The number of benzene rings is 2. The Hall–Kier alpha value is -1.61. The molecule has 1 unspecified atom stereocenters. The lowest BCUT2D eigenvalue weighted by Crippen LogP contribution is -2.39. The molecule has 2 aromatic rings. The van der Waals surface area contributed by atoms with Crippen molar-refractivity contribution in [2.75, 3.05) is 25.4 Å². The van der Waals surface area contributed by atoms with Gasteiger partial charge in [0, 0.05) is 29.3 Å². The first kappa shape index (κ1) is 24.4. The fraction of sp³-hybridized carbons (Fsp3) is 0.381. The van der Waals surface area contributed by atoms with Crippen LogP contribution in [0.3, 0.4) is 0 Å². The van der Waals surface area contributed by atoms with Gasteiger partial charge in [-0.15, -0.1) is 24.0 Å². The van der Waals surface area contributed by atoms with Gasteiger partial charge in [-0.3, -0.25) is 4.21 Å². The number of nitrogens with one attached hydrogen (secondary N) is 2. The molecule has 2 aromatic carbocycles. The normalized spacial score (nSPS) is 12.0. The lowest BCUT2D eigenvalue weighted by molar-refractivity contribution is 0.336. The Kier molecular flexibility index (Phi) is 11.8. The van der Waals surface area contributed by atoms with Crippen molar-refractivity contribution in [2.24, 2.45) is 4.99 Å². The minimum absolute atomic E-state index is 0. The van der Waals surface area contributed by atoms with E-state index in [4.69, 9.17) is 4.74 Å². The van der Waals surface area contributed by atoms with Crippen LogP contribution in [0.5, 0.6) is 5.75 Å². The van der Waals surface area contributed by atoms with Crippen LogP contribution in [0.2, 0.25) is 0 Å². The Morgan fingerprint density at radius 1 is 1.11 bits per heavy atom. The van der Waals surface area contributed by atoms with Gasteiger partial charge in [-0.2, -0.15) is 0 Å². The molecule has 0 aliphatic heterocycles. The van der Waals surface area contributed by atoms with Gasteiger partial charge in [-0.25, -0.2) is 4.99 Å². The van der Waals surface area contributed by atoms with Gasteiger partial charge in [0.1, 0.15) is 5.75 Å². The van der Waals surface area contributed by atoms with E-state index in [9.17, 15) is 4.21 Å². The fourth-order valence-electron chi connectivity index (χ4n) is 2.54. The Bertz CT molecular complexity index is 770. The summed E-state index contributed by atoms with van der Waals surface area (Å²) >= 11 is 0. The summed E-state index contributed by atoms with van der Waals surface area (Å²) < 4.78 is 18.0. The number of aryl methyl sites for hydroxylation is 1. The molecule has 0 radical (unpaired) electrons. The number of hydrogen-bond acceptors (Lipinski definition) is 3. The standard InChI is InChI=1S/C21H29N3O2S.HI/c1-4-22-21(23-13-14-27(25)19-9-7-6-8-10-19)24-16-18-12-11-17(3)15-20(18)26-5-2;/h6-12,15H,4-5,13-14,16H2,1-3H3,(H2,22,23,24);1H. The third kappa shape index (κ3) is 8.18. The second kappa shape index (κ2) is 13.5. The molecule has 154 valence electrons. The van der Waals surface area contributed by atoms with Gasteiger partial charge >= 0.3 is 0 Å². The molecule has 1 atom stereocenters. The van der Waals surface area contributed by atoms with E-state index in [0.717, 1.165) is 22.8 Å². The van der Waals surface area contributed by atoms with Gasteiger partial charge < -0.3 is 15.4 Å². The highest BCUT2D eigenvalue weighted by molar-refractivity contribution is 14.0. The molecule has 2 rings (SSSR count). The van der Waals surface area contributed by atoms with E-state index in [1.165, 1.54) is 5.56 Å². The SMILES string of the molecule is CCNC(=NCc1ccc(C)cc1OCC)NCCS(=O)c1ccccc1.I. The van der Waals surface area contributed by atoms with E-state index >= 15 is 0 Å². The van der Waals surface area contributed by atoms with E-state index in [1.54, 1.807) is 0 Å². The molecule has 0 saturated carbocycles. The maximum absolute atomic E-state index is 12.3. The third-order valence-electron chi connectivity index (χ3n) is 3.86. The molecule has 0 heterocycles. The fourth-order valence-corrected chi connectivity index (χ4v) is 3.52. The Labute approximate surface area is 187 Å². The third-order valence-corrected chi connectivity index (χ3v) is 5.23. The van der Waals surface area contributed by atoms with Crippen LogP contribution in [0.1, 0.15) is 25.0 Å². The van der Waals surface area contributed by atoms with Crippen LogP contribution in [-0.2, 0) is 17.3 Å². The van der Waals surface area contributed by atoms with Crippen LogP contribution in [0.4, 0.5) is 0 Å². The summed E-state index contributed by atoms with van der Waals surface area (Å²) in [7, 11) is -1.02. The molecule has 7 heteroatoms. The van der Waals surface area contributed by atoms with Crippen molar-refractivity contribution < 1.29 is 8.95 Å². The van der Waals surface area contributed by atoms with Crippen LogP contribution in [0.25, 0.3) is 0 Å². The zero-order valence-corrected chi connectivity index (χ0v) is 19.9. The number of aliphatic imine (C=N–C) groups is 1. The average Bonchev–Trinajstić information content (AvgIpc) is 2.68. The van der Waals surface area contributed by atoms with Gasteiger partial charge in [0.05, 0.1) is 24.0 Å². The van der Waals surface area contributed by atoms with Crippen molar-refractivity contribution >= 4 is 40.7 Å². The summed E-state index contributed by atoms with van der Waals surface area (Å²) in [4.78, 5) is 5.49. The predicted molar refractivity (Wildman–Crippen MR) is 128 cm³/mol. The lowest BCUT2D eigenvalue weighted by Gasteiger charge is -2.13. The van der Waals surface area contributed by atoms with Gasteiger partial charge in [0.2, 0.25) is 0 Å². The summed E-state index contributed by atoms with van der Waals surface area (Å²) in [5.74, 6) is 2.12. The maximum Gasteiger partial charge on any atom is 0.191 e. The molecule has 0 spiro atoms. The number of hydrogen-bond donors (Lipinski definition) is 2. The smallest absolute Gasteiger partial charge is 0.191 e. The first-order chi connectivity index (χ1) is 13.1. The largest absolute Gasteiger partial charge is 0.494 e. The number of halogens is 1. The number of guanidine groups is 1. The van der Waals surface area contributed by atoms with Crippen molar-refractivity contribution in [3.8, 4) is 5.75 Å². The highest BCUT2D eigenvalue weighted by atomic mass is 127. The second-order valence-corrected chi connectivity index (χ2v) is 7.60. The van der Waals surface area contributed by atoms with E-state index in [-0.39, 0.29) is 24.0 Å². The molecule has 0 fully saturated rings. The first-order valence-electron chi connectivity index (χ1n) is 9.32. The summed E-state index contributed by atoms with van der Waals surface area (Å²) in [6.45, 7) is 8.55. The van der Waals surface area contributed by atoms with Crippen LogP contribution < -0.4 is 15.4 Å². The average molecular weight is 515 g/mol. The summed E-state index contributed by atoms with van der Waals surface area (Å²) in [5, 5.41) is 6.49. The number of ether oxygens (including phenoxy) is 1. The van der Waals surface area contributed by atoms with Gasteiger partial charge in [0.25, 0.3) is 0 Å². The molecular weight excluding hydrogens is 485 g/mol. The Morgan fingerprint density at radius 2 is 1.86 bits per heavy atom. The number of nitrogens with zero attached hydrogens (tertiary/aromatic N) is 1. The summed E-state index contributed by atoms with van der Waals surface area (Å²) in [5.41, 5.74) is 2.21. The molecular formula is C21H30IN3O2S. The van der Waals surface area contributed by atoms with Crippen molar-refractivity contribution in [1.29, 1.82) is 0 Å². The van der Waals surface area contributed by atoms with Crippen LogP contribution in [0, 0.1) is 6.92 Å². The van der Waals surface area contributed by atoms with Gasteiger partial charge in [-0.1, -0.05) is 30.3 Å². The van der Waals surface area contributed by atoms with Gasteiger partial charge in [0.15, 0.2) is 5.96 Å². The van der Waals surface area contributed by atoms with E-state index < -0.39 is 10.8 Å². The van der Waals surface area contributed by atoms with Crippen molar-refractivity contribution in [1.82, 2.24) is 10.6 Å². The molecule has 0 amide bonds. The van der Waals surface area contributed by atoms with Crippen molar-refractivity contribution in [2.45, 2.75) is 32.2 Å². The molecule has 2 N–H and O–H groups in total.